The Kier molecular flexibility index (Phi) is 20.1. The van der Waals surface area contributed by atoms with Crippen molar-refractivity contribution in [2.24, 2.45) is 0 Å². The van der Waals surface area contributed by atoms with Crippen LogP contribution < -0.4 is 9.80 Å². The maximum absolute atomic E-state index is 7.13. The largest absolute Gasteiger partial charge is 2.00 e. The summed E-state index contributed by atoms with van der Waals surface area (Å²) in [4.78, 5) is 22.2. The minimum absolute atomic E-state index is 0. The van der Waals surface area contributed by atoms with Crippen LogP contribution in [0.2, 0.25) is 0 Å². The Morgan fingerprint density at radius 1 is 0.533 bits per heavy atom. The Labute approximate surface area is 283 Å². The van der Waals surface area contributed by atoms with E-state index in [-0.39, 0.29) is 16.5 Å². The quantitative estimate of drug-likeness (QED) is 0.0932. The number of benzene rings is 2. The summed E-state index contributed by atoms with van der Waals surface area (Å²) in [5.74, 6) is 1.91. The SMILES string of the molecule is CN(C)c1ccc2ccc3cccnc3c2n1.CN(C)c1ccc2ccc3cccnc3c2n1.CO.CO.[N-]=C=S.[N-]=C=S.[Ni+2]. The van der Waals surface area contributed by atoms with Gasteiger partial charge in [-0.25, -0.2) is 9.97 Å². The molecule has 13 heteroatoms. The average Bonchev–Trinajstić information content (AvgIpc) is 3.07. The number of fused-ring (bicyclic) bond motifs is 6. The van der Waals surface area contributed by atoms with Crippen molar-refractivity contribution in [3.8, 4) is 0 Å². The number of hydrogen-bond acceptors (Lipinski definition) is 10. The third kappa shape index (κ3) is 11.6. The van der Waals surface area contributed by atoms with Gasteiger partial charge in [0.1, 0.15) is 11.6 Å². The molecule has 0 aliphatic carbocycles. The molecule has 0 aliphatic rings. The summed E-state index contributed by atoms with van der Waals surface area (Å²) in [6, 6.07) is 24.6. The van der Waals surface area contributed by atoms with E-state index >= 15 is 0 Å². The van der Waals surface area contributed by atoms with Crippen molar-refractivity contribution in [2.45, 2.75) is 0 Å². The molecule has 10 nitrogen and oxygen atoms in total. The number of pyridine rings is 4. The first kappa shape index (κ1) is 40.7. The summed E-state index contributed by atoms with van der Waals surface area (Å²) in [6.45, 7) is 0. The van der Waals surface area contributed by atoms with Gasteiger partial charge in [0, 0.05) is 76.3 Å². The molecule has 0 amide bonds. The van der Waals surface area contributed by atoms with Gasteiger partial charge in [-0.3, -0.25) is 9.97 Å². The number of hydrogen-bond donors (Lipinski definition) is 2. The van der Waals surface area contributed by atoms with Crippen LogP contribution in [0.25, 0.3) is 54.4 Å². The zero-order valence-electron chi connectivity index (χ0n) is 25.7. The van der Waals surface area contributed by atoms with Crippen molar-refractivity contribution in [3.05, 3.63) is 96.0 Å². The molecule has 6 aromatic rings. The second-order valence-corrected chi connectivity index (χ2v) is 9.10. The molecular formula is C32H34N8NiO2S2. The number of thiocarbonyl (C=S) groups is 2. The average molecular weight is 686 g/mol. The molecule has 6 rings (SSSR count). The molecule has 2 N–H and O–H groups in total. The molecule has 0 aliphatic heterocycles. The van der Waals surface area contributed by atoms with Gasteiger partial charge in [-0.2, -0.15) is 10.3 Å². The minimum Gasteiger partial charge on any atom is -0.753 e. The second-order valence-electron chi connectivity index (χ2n) is 8.74. The molecule has 0 atom stereocenters. The first-order valence-electron chi connectivity index (χ1n) is 12.9. The van der Waals surface area contributed by atoms with E-state index in [4.69, 9.17) is 21.0 Å². The first-order chi connectivity index (χ1) is 21.3. The van der Waals surface area contributed by atoms with Crippen LogP contribution in [0.4, 0.5) is 11.6 Å². The molecule has 0 unspecified atom stereocenters. The van der Waals surface area contributed by atoms with E-state index in [0.29, 0.717) is 0 Å². The third-order valence-corrected chi connectivity index (χ3v) is 5.75. The van der Waals surface area contributed by atoms with Crippen molar-refractivity contribution in [2.75, 3.05) is 52.2 Å². The second kappa shape index (κ2) is 22.2. The molecule has 2 aromatic carbocycles. The van der Waals surface area contributed by atoms with Crippen LogP contribution in [0.15, 0.2) is 85.2 Å². The number of isothiocyanates is 2. The number of aliphatic hydroxyl groups excluding tert-OH is 2. The van der Waals surface area contributed by atoms with Crippen molar-refractivity contribution in [3.63, 3.8) is 0 Å². The van der Waals surface area contributed by atoms with E-state index in [1.165, 1.54) is 10.3 Å². The van der Waals surface area contributed by atoms with Crippen LogP contribution in [-0.2, 0) is 16.5 Å². The molecule has 0 bridgehead atoms. The topological polar surface area (TPSA) is 143 Å². The molecule has 0 fully saturated rings. The number of rotatable bonds is 2. The first-order valence-corrected chi connectivity index (χ1v) is 13.7. The Morgan fingerprint density at radius 2 is 0.800 bits per heavy atom. The van der Waals surface area contributed by atoms with Crippen LogP contribution in [0, 0.1) is 0 Å². The van der Waals surface area contributed by atoms with Crippen molar-refractivity contribution in [1.82, 2.24) is 19.9 Å². The number of nitrogens with zero attached hydrogens (tertiary/aromatic N) is 8. The minimum atomic E-state index is 0. The summed E-state index contributed by atoms with van der Waals surface area (Å²) in [5.41, 5.74) is 3.87. The standard InChI is InChI=1S/2C14H13N3.2CNS.2CH4O.Ni/c2*1-17(2)12-8-7-11-6-5-10-4-3-9-15-13(10)14(11)16-12;2*2-1-3;2*1-2;/h2*3-9H,1-2H3;;;2*2H,1H3;/q;;2*-1;;;+2. The van der Waals surface area contributed by atoms with E-state index in [1.54, 1.807) is 0 Å². The van der Waals surface area contributed by atoms with Gasteiger partial charge in [0.05, 0.1) is 22.1 Å². The predicted molar refractivity (Wildman–Crippen MR) is 191 cm³/mol. The summed E-state index contributed by atoms with van der Waals surface area (Å²) in [5, 5.41) is 35.4. The van der Waals surface area contributed by atoms with Gasteiger partial charge >= 0.3 is 16.5 Å². The summed E-state index contributed by atoms with van der Waals surface area (Å²) in [7, 11) is 9.97. The van der Waals surface area contributed by atoms with E-state index in [9.17, 15) is 0 Å². The van der Waals surface area contributed by atoms with E-state index in [2.05, 4.69) is 92.9 Å². The van der Waals surface area contributed by atoms with Crippen molar-refractivity contribution < 1.29 is 26.7 Å². The Bertz CT molecular complexity index is 1710. The van der Waals surface area contributed by atoms with Crippen LogP contribution >= 0.6 is 24.4 Å². The maximum atomic E-state index is 7.13. The Balaban J connectivity index is 0.000000660. The molecule has 236 valence electrons. The zero-order chi connectivity index (χ0) is 33.1. The van der Waals surface area contributed by atoms with Crippen molar-refractivity contribution >= 4 is 90.0 Å². The summed E-state index contributed by atoms with van der Waals surface area (Å²) >= 11 is 7.40. The molecule has 45 heavy (non-hydrogen) atoms. The van der Waals surface area contributed by atoms with Gasteiger partial charge < -0.3 is 30.8 Å². The number of aliphatic hydroxyl groups is 2. The van der Waals surface area contributed by atoms with Crippen LogP contribution in [0.1, 0.15) is 0 Å². The predicted octanol–water partition coefficient (Wildman–Crippen LogP) is 6.23. The Hall–Kier alpha value is -4.31. The van der Waals surface area contributed by atoms with E-state index in [0.717, 1.165) is 69.5 Å². The van der Waals surface area contributed by atoms with Gasteiger partial charge in [-0.1, -0.05) is 60.8 Å². The molecule has 0 saturated heterocycles. The normalized spacial score (nSPS) is 8.89. The van der Waals surface area contributed by atoms with Gasteiger partial charge in [0.15, 0.2) is 0 Å². The zero-order valence-corrected chi connectivity index (χ0v) is 28.3. The van der Waals surface area contributed by atoms with E-state index < -0.39 is 0 Å². The fraction of sp³-hybridized carbons (Fsp3) is 0.188. The van der Waals surface area contributed by atoms with E-state index in [1.807, 2.05) is 74.6 Å². The smallest absolute Gasteiger partial charge is 0.753 e. The van der Waals surface area contributed by atoms with Crippen LogP contribution in [0.5, 0.6) is 0 Å². The van der Waals surface area contributed by atoms with Crippen LogP contribution in [-0.4, -0.2) is 82.9 Å². The number of aromatic nitrogens is 4. The maximum Gasteiger partial charge on any atom is 2.00 e. The molecule has 0 radical (unpaired) electrons. The molecule has 0 spiro atoms. The molecule has 0 saturated carbocycles. The molecular weight excluding hydrogens is 651 g/mol. The fourth-order valence-corrected chi connectivity index (χ4v) is 3.92. The van der Waals surface area contributed by atoms with Gasteiger partial charge in [0.25, 0.3) is 0 Å². The summed E-state index contributed by atoms with van der Waals surface area (Å²) < 4.78 is 0. The van der Waals surface area contributed by atoms with Gasteiger partial charge in [0.2, 0.25) is 0 Å². The van der Waals surface area contributed by atoms with Crippen LogP contribution in [0.3, 0.4) is 0 Å². The third-order valence-electron chi connectivity index (χ3n) is 5.75. The van der Waals surface area contributed by atoms with Gasteiger partial charge in [-0.15, -0.1) is 0 Å². The fourth-order valence-electron chi connectivity index (χ4n) is 3.92. The Morgan fingerprint density at radius 3 is 1.09 bits per heavy atom. The number of anilines is 2. The van der Waals surface area contributed by atoms with Crippen molar-refractivity contribution in [1.29, 1.82) is 0 Å². The molecule has 4 heterocycles. The summed E-state index contributed by atoms with van der Waals surface area (Å²) in [6.07, 6.45) is 3.62. The monoisotopic (exact) mass is 684 g/mol. The molecule has 4 aromatic heterocycles. The van der Waals surface area contributed by atoms with Gasteiger partial charge in [-0.05, 0) is 36.4 Å².